The molecule has 0 aliphatic rings. The van der Waals surface area contributed by atoms with Crippen LogP contribution in [0.15, 0.2) is 30.3 Å². The average Bonchev–Trinajstić information content (AvgIpc) is 2.58. The smallest absolute Gasteiger partial charge is 0.432 e. The van der Waals surface area contributed by atoms with Gasteiger partial charge in [-0.1, -0.05) is 30.3 Å². The lowest BCUT2D eigenvalue weighted by Gasteiger charge is -2.39. The quantitative estimate of drug-likeness (QED) is 0.376. The summed E-state index contributed by atoms with van der Waals surface area (Å²) in [6.07, 6.45) is -13.0. The third-order valence-corrected chi connectivity index (χ3v) is 3.83. The Morgan fingerprint density at radius 2 is 1.21 bits per heavy atom. The SMILES string of the molecule is CCOC(=O)C(C(=O)OCC)C(c1ccccc1)C(F)(C(F)(F)F)C(F)(F)F. The third-order valence-electron chi connectivity index (χ3n) is 3.83. The zero-order chi connectivity index (χ0) is 21.8. The highest BCUT2D eigenvalue weighted by atomic mass is 19.4. The van der Waals surface area contributed by atoms with Gasteiger partial charge in [-0.15, -0.1) is 0 Å². The zero-order valence-corrected chi connectivity index (χ0v) is 14.7. The van der Waals surface area contributed by atoms with Gasteiger partial charge in [0.15, 0.2) is 5.92 Å². The van der Waals surface area contributed by atoms with Gasteiger partial charge in [-0.2, -0.15) is 26.3 Å². The summed E-state index contributed by atoms with van der Waals surface area (Å²) < 4.78 is 104. The van der Waals surface area contributed by atoms with E-state index in [1.165, 1.54) is 19.9 Å². The van der Waals surface area contributed by atoms with Crippen molar-refractivity contribution in [3.05, 3.63) is 35.9 Å². The molecule has 1 atom stereocenters. The molecule has 0 bridgehead atoms. The van der Waals surface area contributed by atoms with Gasteiger partial charge in [0, 0.05) is 0 Å². The standard InChI is InChI=1S/C17H17F7O4/c1-3-27-13(25)11(14(26)28-4-2)12(10-8-6-5-7-9-10)15(18,16(19,20)21)17(22,23)24/h5-9,11-12H,3-4H2,1-2H3. The molecule has 0 spiro atoms. The highest BCUT2D eigenvalue weighted by Crippen LogP contribution is 2.56. The van der Waals surface area contributed by atoms with Crippen LogP contribution in [0.2, 0.25) is 0 Å². The molecule has 0 N–H and O–H groups in total. The molecule has 0 amide bonds. The van der Waals surface area contributed by atoms with E-state index in [4.69, 9.17) is 0 Å². The first-order chi connectivity index (χ1) is 12.8. The molecule has 0 aliphatic carbocycles. The number of ether oxygens (including phenoxy) is 2. The second kappa shape index (κ2) is 8.78. The predicted molar refractivity (Wildman–Crippen MR) is 81.9 cm³/mol. The van der Waals surface area contributed by atoms with Crippen molar-refractivity contribution in [2.24, 2.45) is 5.92 Å². The first-order valence-corrected chi connectivity index (χ1v) is 8.03. The Kier molecular flexibility index (Phi) is 7.44. The van der Waals surface area contributed by atoms with Gasteiger partial charge >= 0.3 is 30.0 Å². The van der Waals surface area contributed by atoms with Crippen LogP contribution >= 0.6 is 0 Å². The Hall–Kier alpha value is -2.33. The van der Waals surface area contributed by atoms with E-state index in [0.29, 0.717) is 0 Å². The van der Waals surface area contributed by atoms with Crippen LogP contribution in [-0.4, -0.2) is 43.2 Å². The number of rotatable bonds is 7. The van der Waals surface area contributed by atoms with E-state index in [1.54, 1.807) is 0 Å². The maximum absolute atomic E-state index is 14.9. The van der Waals surface area contributed by atoms with Crippen molar-refractivity contribution in [2.45, 2.75) is 37.8 Å². The van der Waals surface area contributed by atoms with E-state index < -0.39 is 60.6 Å². The molecule has 0 heterocycles. The highest BCUT2D eigenvalue weighted by Gasteiger charge is 2.78. The first-order valence-electron chi connectivity index (χ1n) is 8.03. The molecule has 1 aromatic carbocycles. The lowest BCUT2D eigenvalue weighted by Crippen LogP contribution is -2.60. The number of hydrogen-bond acceptors (Lipinski definition) is 4. The molecular formula is C17H17F7O4. The summed E-state index contributed by atoms with van der Waals surface area (Å²) in [5, 5.41) is 0. The number of benzene rings is 1. The Bertz CT molecular complexity index is 638. The van der Waals surface area contributed by atoms with Crippen LogP contribution in [0.3, 0.4) is 0 Å². The van der Waals surface area contributed by atoms with Crippen molar-refractivity contribution >= 4 is 11.9 Å². The summed E-state index contributed by atoms with van der Waals surface area (Å²) in [4.78, 5) is 24.3. The molecule has 28 heavy (non-hydrogen) atoms. The largest absolute Gasteiger partial charge is 0.465 e. The Morgan fingerprint density at radius 1 is 0.821 bits per heavy atom. The Balaban J connectivity index is 3.83. The highest BCUT2D eigenvalue weighted by molar-refractivity contribution is 5.96. The van der Waals surface area contributed by atoms with Gasteiger partial charge in [-0.3, -0.25) is 9.59 Å². The van der Waals surface area contributed by atoms with Gasteiger partial charge in [0.1, 0.15) is 0 Å². The molecule has 158 valence electrons. The van der Waals surface area contributed by atoms with E-state index in [0.717, 1.165) is 24.3 Å². The molecule has 0 radical (unpaired) electrons. The van der Waals surface area contributed by atoms with E-state index in [1.807, 2.05) is 0 Å². The molecule has 1 rings (SSSR count). The molecule has 0 aliphatic heterocycles. The minimum atomic E-state index is -6.50. The summed E-state index contributed by atoms with van der Waals surface area (Å²) in [7, 11) is 0. The second-order valence-electron chi connectivity index (χ2n) is 5.58. The number of alkyl halides is 7. The number of hydrogen-bond donors (Lipinski definition) is 0. The van der Waals surface area contributed by atoms with Gasteiger partial charge in [-0.25, -0.2) is 4.39 Å². The zero-order valence-electron chi connectivity index (χ0n) is 14.7. The number of halogens is 7. The Labute approximate surface area is 155 Å². The van der Waals surface area contributed by atoms with Gasteiger partial charge < -0.3 is 9.47 Å². The maximum Gasteiger partial charge on any atom is 0.432 e. The summed E-state index contributed by atoms with van der Waals surface area (Å²) in [6, 6.07) is 4.85. The molecule has 0 saturated heterocycles. The fraction of sp³-hybridized carbons (Fsp3) is 0.529. The summed E-state index contributed by atoms with van der Waals surface area (Å²) in [5.74, 6) is -9.67. The van der Waals surface area contributed by atoms with Crippen LogP contribution in [0.25, 0.3) is 0 Å². The van der Waals surface area contributed by atoms with Crippen LogP contribution in [0.5, 0.6) is 0 Å². The first kappa shape index (κ1) is 23.7. The van der Waals surface area contributed by atoms with Crippen LogP contribution in [-0.2, 0) is 19.1 Å². The molecule has 1 aromatic rings. The minimum absolute atomic E-state index is 0.465. The monoisotopic (exact) mass is 418 g/mol. The van der Waals surface area contributed by atoms with Gasteiger partial charge in [-0.05, 0) is 19.4 Å². The molecule has 11 heteroatoms. The Morgan fingerprint density at radius 3 is 1.54 bits per heavy atom. The van der Waals surface area contributed by atoms with Crippen LogP contribution in [0.1, 0.15) is 25.3 Å². The second-order valence-corrected chi connectivity index (χ2v) is 5.58. The van der Waals surface area contributed by atoms with Crippen molar-refractivity contribution in [3.8, 4) is 0 Å². The molecule has 0 fully saturated rings. The topological polar surface area (TPSA) is 52.6 Å². The normalized spacial score (nSPS) is 13.9. The molecular weight excluding hydrogens is 401 g/mol. The van der Waals surface area contributed by atoms with Crippen LogP contribution in [0, 0.1) is 5.92 Å². The lowest BCUT2D eigenvalue weighted by molar-refractivity contribution is -0.351. The molecule has 0 aromatic heterocycles. The minimum Gasteiger partial charge on any atom is -0.465 e. The summed E-state index contributed by atoms with van der Waals surface area (Å²) in [5.41, 5.74) is -6.79. The number of carbonyl (C=O) groups excluding carboxylic acids is 2. The summed E-state index contributed by atoms with van der Waals surface area (Å²) >= 11 is 0. The average molecular weight is 418 g/mol. The number of carbonyl (C=O) groups is 2. The van der Waals surface area contributed by atoms with Crippen molar-refractivity contribution in [1.82, 2.24) is 0 Å². The number of esters is 2. The van der Waals surface area contributed by atoms with Crippen molar-refractivity contribution < 1.29 is 49.8 Å². The third kappa shape index (κ3) is 4.56. The van der Waals surface area contributed by atoms with E-state index in [-0.39, 0.29) is 0 Å². The fourth-order valence-electron chi connectivity index (χ4n) is 2.66. The van der Waals surface area contributed by atoms with Crippen molar-refractivity contribution in [3.63, 3.8) is 0 Å². The predicted octanol–water partition coefficient (Wildman–Crippen LogP) is 4.35. The maximum atomic E-state index is 14.9. The molecule has 1 unspecified atom stereocenters. The lowest BCUT2D eigenvalue weighted by atomic mass is 9.73. The van der Waals surface area contributed by atoms with Crippen LogP contribution < -0.4 is 0 Å². The van der Waals surface area contributed by atoms with E-state index in [9.17, 15) is 40.3 Å². The van der Waals surface area contributed by atoms with Gasteiger partial charge in [0.05, 0.1) is 19.1 Å². The molecule has 0 saturated carbocycles. The fourth-order valence-corrected chi connectivity index (χ4v) is 2.66. The van der Waals surface area contributed by atoms with Crippen molar-refractivity contribution in [1.29, 1.82) is 0 Å². The van der Waals surface area contributed by atoms with Crippen LogP contribution in [0.4, 0.5) is 30.7 Å². The summed E-state index contributed by atoms with van der Waals surface area (Å²) in [6.45, 7) is 1.50. The van der Waals surface area contributed by atoms with E-state index >= 15 is 0 Å². The van der Waals surface area contributed by atoms with E-state index in [2.05, 4.69) is 9.47 Å². The van der Waals surface area contributed by atoms with Gasteiger partial charge in [0.25, 0.3) is 0 Å². The molecule has 4 nitrogen and oxygen atoms in total. The van der Waals surface area contributed by atoms with Crippen molar-refractivity contribution in [2.75, 3.05) is 13.2 Å². The van der Waals surface area contributed by atoms with Gasteiger partial charge in [0.2, 0.25) is 0 Å².